The van der Waals surface area contributed by atoms with Crippen LogP contribution in [-0.2, 0) is 11.2 Å². The molecule has 4 N–H and O–H groups in total. The maximum atomic E-state index is 13.3. The third kappa shape index (κ3) is 4.78. The summed E-state index contributed by atoms with van der Waals surface area (Å²) < 4.78 is 12.0. The molecule has 1 heterocycles. The fourth-order valence-electron chi connectivity index (χ4n) is 4.73. The second kappa shape index (κ2) is 9.64. The van der Waals surface area contributed by atoms with Crippen LogP contribution < -0.4 is 4.74 Å². The zero-order valence-electron chi connectivity index (χ0n) is 21.1. The first kappa shape index (κ1) is 25.2. The molecular weight excluding hydrogens is 460 g/mol. The zero-order chi connectivity index (χ0) is 26.3. The van der Waals surface area contributed by atoms with Crippen molar-refractivity contribution in [1.82, 2.24) is 0 Å². The Kier molecular flexibility index (Phi) is 6.76. The molecular formula is C29H32O7. The number of phenols is 4. The van der Waals surface area contributed by atoms with Crippen LogP contribution in [0.2, 0.25) is 0 Å². The standard InChI is InChI=1S/C29H32O7/c1-14(2)20-8-18(10-24(33)27(20)15(3)4)29(34)36-26-13-21-23(32)11-19(30)12-25(21)35-28(26)17-7-6-16(5)22(31)9-17/h6-12,14-15,26,28,30-33H,13H2,1-5H3. The summed E-state index contributed by atoms with van der Waals surface area (Å²) in [6, 6.07) is 10.8. The normalized spacial score (nSPS) is 17.1. The molecule has 0 saturated carbocycles. The van der Waals surface area contributed by atoms with E-state index in [-0.39, 0.29) is 52.6 Å². The lowest BCUT2D eigenvalue weighted by Gasteiger charge is -2.34. The predicted molar refractivity (Wildman–Crippen MR) is 135 cm³/mol. The number of carbonyl (C=O) groups excluding carboxylic acids is 1. The highest BCUT2D eigenvalue weighted by Crippen LogP contribution is 2.44. The van der Waals surface area contributed by atoms with E-state index in [1.54, 1.807) is 31.2 Å². The Labute approximate surface area is 210 Å². The lowest BCUT2D eigenvalue weighted by Crippen LogP contribution is -2.34. The van der Waals surface area contributed by atoms with Crippen LogP contribution in [-0.4, -0.2) is 32.5 Å². The van der Waals surface area contributed by atoms with Crippen LogP contribution in [0.1, 0.15) is 83.8 Å². The minimum atomic E-state index is -0.850. The first-order chi connectivity index (χ1) is 17.0. The van der Waals surface area contributed by atoms with E-state index in [0.717, 1.165) is 11.1 Å². The predicted octanol–water partition coefficient (Wildman–Crippen LogP) is 5.97. The Morgan fingerprint density at radius 1 is 0.917 bits per heavy atom. The topological polar surface area (TPSA) is 116 Å². The van der Waals surface area contributed by atoms with Gasteiger partial charge < -0.3 is 29.9 Å². The largest absolute Gasteiger partial charge is 0.508 e. The van der Waals surface area contributed by atoms with Gasteiger partial charge in [-0.15, -0.1) is 0 Å². The molecule has 3 aromatic rings. The van der Waals surface area contributed by atoms with Gasteiger partial charge in [-0.1, -0.05) is 39.8 Å². The van der Waals surface area contributed by atoms with Crippen molar-refractivity contribution < 1.29 is 34.7 Å². The van der Waals surface area contributed by atoms with E-state index >= 15 is 0 Å². The fourth-order valence-corrected chi connectivity index (χ4v) is 4.73. The molecule has 7 nitrogen and oxygen atoms in total. The lowest BCUT2D eigenvalue weighted by molar-refractivity contribution is -0.0188. The average molecular weight is 493 g/mol. The first-order valence-electron chi connectivity index (χ1n) is 12.0. The van der Waals surface area contributed by atoms with Crippen LogP contribution >= 0.6 is 0 Å². The number of ether oxygens (including phenoxy) is 2. The first-order valence-corrected chi connectivity index (χ1v) is 12.0. The second-order valence-corrected chi connectivity index (χ2v) is 9.98. The molecule has 0 spiro atoms. The number of carbonyl (C=O) groups is 1. The highest BCUT2D eigenvalue weighted by atomic mass is 16.6. The van der Waals surface area contributed by atoms with Gasteiger partial charge >= 0.3 is 5.97 Å². The van der Waals surface area contributed by atoms with Gasteiger partial charge in [0.05, 0.1) is 5.56 Å². The van der Waals surface area contributed by atoms with Gasteiger partial charge in [0, 0.05) is 24.1 Å². The summed E-state index contributed by atoms with van der Waals surface area (Å²) in [7, 11) is 0. The Morgan fingerprint density at radius 3 is 2.28 bits per heavy atom. The minimum absolute atomic E-state index is 0.0431. The summed E-state index contributed by atoms with van der Waals surface area (Å²) >= 11 is 0. The number of hydrogen-bond acceptors (Lipinski definition) is 7. The number of aryl methyl sites for hydroxylation is 1. The summed E-state index contributed by atoms with van der Waals surface area (Å²) in [5.41, 5.74) is 3.54. The number of esters is 1. The van der Waals surface area contributed by atoms with E-state index in [1.807, 2.05) is 27.7 Å². The highest BCUT2D eigenvalue weighted by Gasteiger charge is 2.37. The van der Waals surface area contributed by atoms with Crippen molar-refractivity contribution in [2.24, 2.45) is 0 Å². The Balaban J connectivity index is 1.73. The second-order valence-electron chi connectivity index (χ2n) is 9.98. The van der Waals surface area contributed by atoms with E-state index in [9.17, 15) is 25.2 Å². The summed E-state index contributed by atoms with van der Waals surface area (Å²) in [6.07, 6.45) is -1.53. The molecule has 36 heavy (non-hydrogen) atoms. The number of hydrogen-bond donors (Lipinski definition) is 4. The van der Waals surface area contributed by atoms with Gasteiger partial charge in [-0.05, 0) is 59.2 Å². The van der Waals surface area contributed by atoms with Gasteiger partial charge in [-0.3, -0.25) is 0 Å². The molecule has 0 aromatic heterocycles. The van der Waals surface area contributed by atoms with E-state index in [1.165, 1.54) is 18.2 Å². The molecule has 4 rings (SSSR count). The van der Waals surface area contributed by atoms with Crippen molar-refractivity contribution in [2.45, 2.75) is 65.1 Å². The number of aromatic hydroxyl groups is 4. The van der Waals surface area contributed by atoms with E-state index < -0.39 is 18.2 Å². The Morgan fingerprint density at radius 2 is 1.64 bits per heavy atom. The molecule has 0 aliphatic carbocycles. The van der Waals surface area contributed by atoms with Gasteiger partial charge in [-0.25, -0.2) is 4.79 Å². The molecule has 1 aliphatic rings. The van der Waals surface area contributed by atoms with Crippen LogP contribution in [0.4, 0.5) is 0 Å². The van der Waals surface area contributed by atoms with E-state index in [4.69, 9.17) is 9.47 Å². The fraction of sp³-hybridized carbons (Fsp3) is 0.345. The molecule has 1 aliphatic heterocycles. The average Bonchev–Trinajstić information content (AvgIpc) is 2.80. The van der Waals surface area contributed by atoms with Crippen molar-refractivity contribution in [3.8, 4) is 28.7 Å². The van der Waals surface area contributed by atoms with Gasteiger partial charge in [0.25, 0.3) is 0 Å². The molecule has 3 aromatic carbocycles. The number of fused-ring (bicyclic) bond motifs is 1. The van der Waals surface area contributed by atoms with Crippen LogP contribution in [0.5, 0.6) is 28.7 Å². The summed E-state index contributed by atoms with van der Waals surface area (Å²) in [5.74, 6) is -0.424. The van der Waals surface area contributed by atoms with Gasteiger partial charge in [0.15, 0.2) is 6.10 Å². The van der Waals surface area contributed by atoms with Gasteiger partial charge in [-0.2, -0.15) is 0 Å². The maximum Gasteiger partial charge on any atom is 0.338 e. The quantitative estimate of drug-likeness (QED) is 0.324. The SMILES string of the molecule is Cc1ccc(C2Oc3cc(O)cc(O)c3CC2OC(=O)c2cc(O)c(C(C)C)c(C(C)C)c2)cc1O. The smallest absolute Gasteiger partial charge is 0.338 e. The number of benzene rings is 3. The van der Waals surface area contributed by atoms with Crippen molar-refractivity contribution >= 4 is 5.97 Å². The highest BCUT2D eigenvalue weighted by molar-refractivity contribution is 5.90. The van der Waals surface area contributed by atoms with Crippen LogP contribution in [0.15, 0.2) is 42.5 Å². The Hall–Kier alpha value is -3.87. The number of rotatable bonds is 5. The van der Waals surface area contributed by atoms with E-state index in [2.05, 4.69) is 0 Å². The van der Waals surface area contributed by atoms with Crippen molar-refractivity contribution in [3.63, 3.8) is 0 Å². The molecule has 7 heteroatoms. The van der Waals surface area contributed by atoms with Crippen LogP contribution in [0.25, 0.3) is 0 Å². The number of phenolic OH excluding ortho intramolecular Hbond substituents is 4. The van der Waals surface area contributed by atoms with Crippen LogP contribution in [0.3, 0.4) is 0 Å². The van der Waals surface area contributed by atoms with Crippen molar-refractivity contribution in [1.29, 1.82) is 0 Å². The third-order valence-electron chi connectivity index (χ3n) is 6.61. The van der Waals surface area contributed by atoms with Gasteiger partial charge in [0.2, 0.25) is 0 Å². The molecule has 2 unspecified atom stereocenters. The van der Waals surface area contributed by atoms with Crippen molar-refractivity contribution in [2.75, 3.05) is 0 Å². The molecule has 2 atom stereocenters. The molecule has 190 valence electrons. The van der Waals surface area contributed by atoms with Crippen LogP contribution in [0, 0.1) is 6.92 Å². The lowest BCUT2D eigenvalue weighted by atomic mass is 9.88. The third-order valence-corrected chi connectivity index (χ3v) is 6.61. The Bertz CT molecular complexity index is 1310. The monoisotopic (exact) mass is 492 g/mol. The minimum Gasteiger partial charge on any atom is -0.508 e. The molecule has 0 radical (unpaired) electrons. The van der Waals surface area contributed by atoms with E-state index in [0.29, 0.717) is 16.7 Å². The molecule has 0 amide bonds. The summed E-state index contributed by atoms with van der Waals surface area (Å²) in [5, 5.41) is 41.3. The van der Waals surface area contributed by atoms with Gasteiger partial charge in [0.1, 0.15) is 34.9 Å². The molecule has 0 fully saturated rings. The summed E-state index contributed by atoms with van der Waals surface area (Å²) in [4.78, 5) is 13.3. The molecule has 0 bridgehead atoms. The zero-order valence-corrected chi connectivity index (χ0v) is 21.1. The van der Waals surface area contributed by atoms with Crippen molar-refractivity contribution in [3.05, 3.63) is 75.8 Å². The maximum absolute atomic E-state index is 13.3. The summed E-state index contributed by atoms with van der Waals surface area (Å²) in [6.45, 7) is 9.74. The molecule has 0 saturated heterocycles.